The summed E-state index contributed by atoms with van der Waals surface area (Å²) in [5.74, 6) is -0.397. The van der Waals surface area contributed by atoms with Crippen molar-refractivity contribution in [3.8, 4) is 0 Å². The van der Waals surface area contributed by atoms with Crippen LogP contribution < -0.4 is 9.62 Å². The zero-order valence-electron chi connectivity index (χ0n) is 20.7. The first-order valence-electron chi connectivity index (χ1n) is 11.8. The first-order valence-corrected chi connectivity index (χ1v) is 13.3. The number of hydrogen-bond donors (Lipinski definition) is 1. The highest BCUT2D eigenvalue weighted by Gasteiger charge is 2.29. The lowest BCUT2D eigenvalue weighted by molar-refractivity contribution is -0.120. The Morgan fingerprint density at radius 1 is 0.750 bits per heavy atom. The van der Waals surface area contributed by atoms with Gasteiger partial charge in [-0.1, -0.05) is 90.5 Å². The second-order valence-electron chi connectivity index (χ2n) is 8.88. The average Bonchev–Trinajstić information content (AvgIpc) is 2.88. The number of hydrogen-bond acceptors (Lipinski definition) is 3. The Kier molecular flexibility index (Phi) is 7.55. The topological polar surface area (TPSA) is 66.5 Å². The van der Waals surface area contributed by atoms with Gasteiger partial charge in [-0.25, -0.2) is 8.42 Å². The van der Waals surface area contributed by atoms with Crippen molar-refractivity contribution in [2.45, 2.75) is 31.7 Å². The molecular formula is C30H30N2O3S. The summed E-state index contributed by atoms with van der Waals surface area (Å²) >= 11 is 0. The molecule has 1 N–H and O–H groups in total. The molecule has 6 heteroatoms. The maximum Gasteiger partial charge on any atom is 0.264 e. The van der Waals surface area contributed by atoms with Gasteiger partial charge in [-0.3, -0.25) is 9.10 Å². The van der Waals surface area contributed by atoms with E-state index in [1.807, 2.05) is 87.5 Å². The fraction of sp³-hybridized carbons (Fsp3) is 0.167. The number of sulfonamides is 1. The van der Waals surface area contributed by atoms with Crippen LogP contribution in [0.5, 0.6) is 0 Å². The summed E-state index contributed by atoms with van der Waals surface area (Å²) in [6.45, 7) is 5.39. The fourth-order valence-electron chi connectivity index (χ4n) is 4.21. The highest BCUT2D eigenvalue weighted by Crippen LogP contribution is 2.28. The number of rotatable bonds is 8. The number of nitrogens with one attached hydrogen (secondary N) is 1. The van der Waals surface area contributed by atoms with Crippen molar-refractivity contribution in [1.29, 1.82) is 0 Å². The molecule has 0 heterocycles. The fourth-order valence-corrected chi connectivity index (χ4v) is 5.70. The third-order valence-electron chi connectivity index (χ3n) is 6.22. The number of nitrogens with zero attached hydrogens (tertiary/aromatic N) is 1. The molecule has 0 aliphatic rings. The molecule has 0 fully saturated rings. The predicted molar refractivity (Wildman–Crippen MR) is 144 cm³/mol. The molecule has 5 nitrogen and oxygen atoms in total. The molecule has 0 saturated carbocycles. The molecular weight excluding hydrogens is 468 g/mol. The average molecular weight is 499 g/mol. The molecule has 184 valence electrons. The summed E-state index contributed by atoms with van der Waals surface area (Å²) < 4.78 is 28.7. The Bertz CT molecular complexity index is 1450. The first kappa shape index (κ1) is 25.2. The standard InChI is InChI=1S/C30H30N2O3S/c1-22-17-19-26(20-18-22)36(34,35)32(28-16-10-8-12-24(28)3)21-29(33)31-30(25-13-5-4-6-14-25)27-15-9-7-11-23(27)2/h4-20,30H,21H2,1-3H3,(H,31,33). The minimum atomic E-state index is -3.99. The highest BCUT2D eigenvalue weighted by molar-refractivity contribution is 7.92. The van der Waals surface area contributed by atoms with E-state index in [1.165, 1.54) is 4.31 Å². The van der Waals surface area contributed by atoms with E-state index in [2.05, 4.69) is 5.32 Å². The Morgan fingerprint density at radius 2 is 1.33 bits per heavy atom. The van der Waals surface area contributed by atoms with Gasteiger partial charge in [0, 0.05) is 0 Å². The van der Waals surface area contributed by atoms with Gasteiger partial charge in [-0.2, -0.15) is 0 Å². The highest BCUT2D eigenvalue weighted by atomic mass is 32.2. The van der Waals surface area contributed by atoms with E-state index in [4.69, 9.17) is 0 Å². The van der Waals surface area contributed by atoms with Crippen LogP contribution in [0.15, 0.2) is 108 Å². The molecule has 0 saturated heterocycles. The molecule has 0 radical (unpaired) electrons. The van der Waals surface area contributed by atoms with E-state index < -0.39 is 22.0 Å². The van der Waals surface area contributed by atoms with Gasteiger partial charge >= 0.3 is 0 Å². The number of anilines is 1. The van der Waals surface area contributed by atoms with Crippen LogP contribution in [0.4, 0.5) is 5.69 Å². The second kappa shape index (κ2) is 10.8. The van der Waals surface area contributed by atoms with Gasteiger partial charge in [0.2, 0.25) is 5.91 Å². The SMILES string of the molecule is Cc1ccc(S(=O)(=O)N(CC(=O)NC(c2ccccc2)c2ccccc2C)c2ccccc2C)cc1. The van der Waals surface area contributed by atoms with E-state index in [0.717, 1.165) is 27.8 Å². The minimum Gasteiger partial charge on any atom is -0.344 e. The van der Waals surface area contributed by atoms with Crippen LogP contribution in [0.2, 0.25) is 0 Å². The predicted octanol–water partition coefficient (Wildman–Crippen LogP) is 5.71. The molecule has 0 spiro atoms. The van der Waals surface area contributed by atoms with Crippen LogP contribution in [0.1, 0.15) is 33.9 Å². The third-order valence-corrected chi connectivity index (χ3v) is 7.99. The molecule has 0 aromatic heterocycles. The molecule has 4 aromatic rings. The molecule has 1 amide bonds. The third kappa shape index (κ3) is 5.50. The summed E-state index contributed by atoms with van der Waals surface area (Å²) in [5, 5.41) is 3.10. The van der Waals surface area contributed by atoms with Crippen molar-refractivity contribution >= 4 is 21.6 Å². The van der Waals surface area contributed by atoms with Crippen molar-refractivity contribution < 1.29 is 13.2 Å². The van der Waals surface area contributed by atoms with E-state index in [9.17, 15) is 13.2 Å². The number of carbonyl (C=O) groups is 1. The molecule has 1 atom stereocenters. The normalized spacial score (nSPS) is 12.1. The van der Waals surface area contributed by atoms with Gasteiger partial charge in [0.25, 0.3) is 10.0 Å². The van der Waals surface area contributed by atoms with Gasteiger partial charge in [0.05, 0.1) is 16.6 Å². The number of amides is 1. The number of carbonyl (C=O) groups excluding carboxylic acids is 1. The minimum absolute atomic E-state index is 0.141. The lowest BCUT2D eigenvalue weighted by atomic mass is 9.95. The Morgan fingerprint density at radius 3 is 1.97 bits per heavy atom. The molecule has 0 aliphatic heterocycles. The number of benzene rings is 4. The lowest BCUT2D eigenvalue weighted by Gasteiger charge is -2.27. The van der Waals surface area contributed by atoms with Crippen molar-refractivity contribution in [2.24, 2.45) is 0 Å². The molecule has 1 unspecified atom stereocenters. The summed E-state index contributed by atoms with van der Waals surface area (Å²) in [4.78, 5) is 13.7. The van der Waals surface area contributed by atoms with Crippen molar-refractivity contribution in [3.05, 3.63) is 131 Å². The summed E-state index contributed by atoms with van der Waals surface area (Å²) in [6.07, 6.45) is 0. The van der Waals surface area contributed by atoms with Crippen LogP contribution >= 0.6 is 0 Å². The second-order valence-corrected chi connectivity index (χ2v) is 10.7. The van der Waals surface area contributed by atoms with E-state index in [-0.39, 0.29) is 11.4 Å². The van der Waals surface area contributed by atoms with Gasteiger partial charge in [-0.05, 0) is 61.2 Å². The molecule has 36 heavy (non-hydrogen) atoms. The number of para-hydroxylation sites is 1. The Balaban J connectivity index is 1.71. The summed E-state index contributed by atoms with van der Waals surface area (Å²) in [6, 6.07) is 31.0. The lowest BCUT2D eigenvalue weighted by Crippen LogP contribution is -2.42. The van der Waals surface area contributed by atoms with Gasteiger partial charge < -0.3 is 5.32 Å². The van der Waals surface area contributed by atoms with E-state index in [0.29, 0.717) is 5.69 Å². The maximum atomic E-state index is 13.8. The van der Waals surface area contributed by atoms with E-state index in [1.54, 1.807) is 36.4 Å². The quantitative estimate of drug-likeness (QED) is 0.338. The van der Waals surface area contributed by atoms with Crippen molar-refractivity contribution in [1.82, 2.24) is 5.32 Å². The molecule has 4 aromatic carbocycles. The van der Waals surface area contributed by atoms with Crippen LogP contribution in [0, 0.1) is 20.8 Å². The summed E-state index contributed by atoms with van der Waals surface area (Å²) in [5.41, 5.74) is 5.11. The molecule has 0 aliphatic carbocycles. The zero-order valence-corrected chi connectivity index (χ0v) is 21.5. The summed E-state index contributed by atoms with van der Waals surface area (Å²) in [7, 11) is -3.99. The number of aryl methyl sites for hydroxylation is 3. The van der Waals surface area contributed by atoms with E-state index >= 15 is 0 Å². The van der Waals surface area contributed by atoms with Crippen molar-refractivity contribution in [3.63, 3.8) is 0 Å². The Labute approximate surface area is 213 Å². The van der Waals surface area contributed by atoms with Gasteiger partial charge in [-0.15, -0.1) is 0 Å². The first-order chi connectivity index (χ1) is 17.3. The zero-order chi connectivity index (χ0) is 25.7. The largest absolute Gasteiger partial charge is 0.344 e. The van der Waals surface area contributed by atoms with Crippen molar-refractivity contribution in [2.75, 3.05) is 10.8 Å². The monoisotopic (exact) mass is 498 g/mol. The van der Waals surface area contributed by atoms with Gasteiger partial charge in [0.15, 0.2) is 0 Å². The molecule has 0 bridgehead atoms. The van der Waals surface area contributed by atoms with Crippen LogP contribution in [-0.4, -0.2) is 20.9 Å². The van der Waals surface area contributed by atoms with Crippen LogP contribution in [0.3, 0.4) is 0 Å². The van der Waals surface area contributed by atoms with Crippen LogP contribution in [-0.2, 0) is 14.8 Å². The molecule has 4 rings (SSSR count). The van der Waals surface area contributed by atoms with Crippen LogP contribution in [0.25, 0.3) is 0 Å². The maximum absolute atomic E-state index is 13.8. The smallest absolute Gasteiger partial charge is 0.264 e. The Hall–Kier alpha value is -3.90. The van der Waals surface area contributed by atoms with Gasteiger partial charge in [0.1, 0.15) is 6.54 Å².